The minimum absolute atomic E-state index is 0.542. The van der Waals surface area contributed by atoms with Crippen LogP contribution in [-0.2, 0) is 0 Å². The topological polar surface area (TPSA) is 29.9 Å². The normalized spacial score (nSPS) is 23.4. The van der Waals surface area contributed by atoms with Gasteiger partial charge in [0.25, 0.3) is 0 Å². The second kappa shape index (κ2) is 3.80. The zero-order valence-corrected chi connectivity index (χ0v) is 9.34. The van der Waals surface area contributed by atoms with Crippen LogP contribution in [0.2, 0.25) is 0 Å². The van der Waals surface area contributed by atoms with Gasteiger partial charge in [0.2, 0.25) is 0 Å². The first-order chi connectivity index (χ1) is 6.29. The molecule has 0 spiro atoms. The van der Waals surface area contributed by atoms with Gasteiger partial charge in [-0.1, -0.05) is 0 Å². The van der Waals surface area contributed by atoms with Crippen molar-refractivity contribution in [3.63, 3.8) is 0 Å². The maximum absolute atomic E-state index is 4.37. The van der Waals surface area contributed by atoms with E-state index in [9.17, 15) is 0 Å². The maximum Gasteiger partial charge on any atom is 0.0647 e. The van der Waals surface area contributed by atoms with Crippen LogP contribution < -0.4 is 5.32 Å². The summed E-state index contributed by atoms with van der Waals surface area (Å²) in [6.07, 6.45) is 4.37. The average Bonchev–Trinajstić information content (AvgIpc) is 2.49. The Labute approximate surface area is 86.6 Å². The Morgan fingerprint density at radius 3 is 3.08 bits per heavy atom. The van der Waals surface area contributed by atoms with Crippen molar-refractivity contribution < 1.29 is 0 Å². The highest BCUT2D eigenvalue weighted by Crippen LogP contribution is 2.22. The number of hydrogen-bond acceptors (Lipinski definition) is 2. The summed E-state index contributed by atoms with van der Waals surface area (Å²) in [5.74, 6) is 0. The summed E-state index contributed by atoms with van der Waals surface area (Å²) in [6.45, 7) is 4.30. The second-order valence-electron chi connectivity index (χ2n) is 3.52. The third-order valence-corrected chi connectivity index (χ3v) is 3.38. The van der Waals surface area contributed by atoms with Crippen LogP contribution in [0.1, 0.15) is 24.6 Å². The highest BCUT2D eigenvalue weighted by molar-refractivity contribution is 9.10. The Kier molecular flexibility index (Phi) is 2.69. The number of nitrogens with one attached hydrogen (secondary N) is 1. The molecule has 1 aromatic rings. The molecule has 1 atom stereocenters. The van der Waals surface area contributed by atoms with E-state index in [2.05, 4.69) is 38.0 Å². The fourth-order valence-corrected chi connectivity index (χ4v) is 2.09. The van der Waals surface area contributed by atoms with Crippen molar-refractivity contribution in [3.8, 4) is 0 Å². The summed E-state index contributed by atoms with van der Waals surface area (Å²) in [4.78, 5) is 0. The minimum Gasteiger partial charge on any atom is -0.315 e. The summed E-state index contributed by atoms with van der Waals surface area (Å²) >= 11 is 3.48. The monoisotopic (exact) mass is 243 g/mol. The quantitative estimate of drug-likeness (QED) is 0.817. The lowest BCUT2D eigenvalue weighted by molar-refractivity contribution is 0.342. The zero-order valence-electron chi connectivity index (χ0n) is 7.76. The number of aromatic nitrogens is 2. The van der Waals surface area contributed by atoms with E-state index >= 15 is 0 Å². The molecule has 1 aliphatic rings. The van der Waals surface area contributed by atoms with E-state index in [0.29, 0.717) is 6.04 Å². The zero-order chi connectivity index (χ0) is 9.26. The van der Waals surface area contributed by atoms with Gasteiger partial charge in [0.1, 0.15) is 0 Å². The fraction of sp³-hybridized carbons (Fsp3) is 0.667. The van der Waals surface area contributed by atoms with Gasteiger partial charge < -0.3 is 5.32 Å². The molecule has 3 nitrogen and oxygen atoms in total. The van der Waals surface area contributed by atoms with E-state index in [0.717, 1.165) is 17.6 Å². The van der Waals surface area contributed by atoms with Crippen molar-refractivity contribution in [3.05, 3.63) is 16.4 Å². The highest BCUT2D eigenvalue weighted by atomic mass is 79.9. The standard InChI is InChI=1S/C9H14BrN3/c1-7-9(10)6-12-13(7)8-3-2-4-11-5-8/h6,8,11H,2-5H2,1H3. The van der Waals surface area contributed by atoms with Crippen LogP contribution in [-0.4, -0.2) is 22.9 Å². The van der Waals surface area contributed by atoms with Crippen LogP contribution in [0, 0.1) is 6.92 Å². The Morgan fingerprint density at radius 2 is 2.54 bits per heavy atom. The van der Waals surface area contributed by atoms with Gasteiger partial charge in [0.15, 0.2) is 0 Å². The molecule has 2 rings (SSSR count). The largest absolute Gasteiger partial charge is 0.315 e. The summed E-state index contributed by atoms with van der Waals surface area (Å²) < 4.78 is 3.23. The van der Waals surface area contributed by atoms with Gasteiger partial charge in [0, 0.05) is 12.2 Å². The molecule has 4 heteroatoms. The first-order valence-electron chi connectivity index (χ1n) is 4.69. The average molecular weight is 244 g/mol. The molecule has 0 radical (unpaired) electrons. The summed E-state index contributed by atoms with van der Waals surface area (Å²) in [5, 5.41) is 7.76. The molecule has 1 saturated heterocycles. The fourth-order valence-electron chi connectivity index (χ4n) is 1.81. The van der Waals surface area contributed by atoms with Crippen molar-refractivity contribution in [1.29, 1.82) is 0 Å². The van der Waals surface area contributed by atoms with Crippen LogP contribution in [0.3, 0.4) is 0 Å². The number of nitrogens with zero attached hydrogens (tertiary/aromatic N) is 2. The third kappa shape index (κ3) is 1.79. The molecule has 1 aliphatic heterocycles. The summed E-state index contributed by atoms with van der Waals surface area (Å²) in [7, 11) is 0. The summed E-state index contributed by atoms with van der Waals surface area (Å²) in [5.41, 5.74) is 1.23. The SMILES string of the molecule is Cc1c(Br)cnn1C1CCCNC1. The smallest absolute Gasteiger partial charge is 0.0647 e. The van der Waals surface area contributed by atoms with Crippen molar-refractivity contribution >= 4 is 15.9 Å². The summed E-state index contributed by atoms with van der Waals surface area (Å²) in [6, 6.07) is 0.542. The highest BCUT2D eigenvalue weighted by Gasteiger charge is 2.17. The van der Waals surface area contributed by atoms with E-state index in [4.69, 9.17) is 0 Å². The van der Waals surface area contributed by atoms with Crippen LogP contribution in [0.15, 0.2) is 10.7 Å². The molecule has 0 aromatic carbocycles. The van der Waals surface area contributed by atoms with Gasteiger partial charge >= 0.3 is 0 Å². The van der Waals surface area contributed by atoms with Crippen molar-refractivity contribution in [1.82, 2.24) is 15.1 Å². The predicted octanol–water partition coefficient (Wildman–Crippen LogP) is 1.88. The van der Waals surface area contributed by atoms with Crippen LogP contribution in [0.5, 0.6) is 0 Å². The van der Waals surface area contributed by atoms with E-state index in [-0.39, 0.29) is 0 Å². The van der Waals surface area contributed by atoms with Crippen LogP contribution in [0.25, 0.3) is 0 Å². The lowest BCUT2D eigenvalue weighted by atomic mass is 10.1. The van der Waals surface area contributed by atoms with E-state index < -0.39 is 0 Å². The molecule has 0 aliphatic carbocycles. The van der Waals surface area contributed by atoms with E-state index in [1.807, 2.05) is 6.20 Å². The Morgan fingerprint density at radius 1 is 1.69 bits per heavy atom. The number of rotatable bonds is 1. The molecule has 1 unspecified atom stereocenters. The number of piperidine rings is 1. The molecule has 0 amide bonds. The van der Waals surface area contributed by atoms with Gasteiger partial charge in [0.05, 0.1) is 16.7 Å². The molecule has 1 N–H and O–H groups in total. The van der Waals surface area contributed by atoms with Gasteiger partial charge in [-0.15, -0.1) is 0 Å². The molecule has 1 aromatic heterocycles. The third-order valence-electron chi connectivity index (χ3n) is 2.60. The molecule has 72 valence electrons. The van der Waals surface area contributed by atoms with Gasteiger partial charge in [-0.2, -0.15) is 5.10 Å². The van der Waals surface area contributed by atoms with E-state index in [1.165, 1.54) is 18.5 Å². The Hall–Kier alpha value is -0.350. The molecule has 1 fully saturated rings. The van der Waals surface area contributed by atoms with Gasteiger partial charge in [-0.3, -0.25) is 4.68 Å². The van der Waals surface area contributed by atoms with Crippen molar-refractivity contribution in [2.75, 3.05) is 13.1 Å². The predicted molar refractivity (Wildman–Crippen MR) is 55.8 cm³/mol. The second-order valence-corrected chi connectivity index (χ2v) is 4.38. The lowest BCUT2D eigenvalue weighted by Gasteiger charge is -2.24. The first-order valence-corrected chi connectivity index (χ1v) is 5.48. The van der Waals surface area contributed by atoms with E-state index in [1.54, 1.807) is 0 Å². The Balaban J connectivity index is 2.18. The van der Waals surface area contributed by atoms with Gasteiger partial charge in [-0.25, -0.2) is 0 Å². The number of hydrogen-bond donors (Lipinski definition) is 1. The number of halogens is 1. The molecule has 0 bridgehead atoms. The molecule has 2 heterocycles. The van der Waals surface area contributed by atoms with Crippen molar-refractivity contribution in [2.24, 2.45) is 0 Å². The lowest BCUT2D eigenvalue weighted by Crippen LogP contribution is -2.32. The maximum atomic E-state index is 4.37. The van der Waals surface area contributed by atoms with Crippen LogP contribution in [0.4, 0.5) is 0 Å². The minimum atomic E-state index is 0.542. The molecular weight excluding hydrogens is 230 g/mol. The van der Waals surface area contributed by atoms with Gasteiger partial charge in [-0.05, 0) is 42.2 Å². The molecule has 13 heavy (non-hydrogen) atoms. The molecule has 0 saturated carbocycles. The first kappa shape index (κ1) is 9.21. The van der Waals surface area contributed by atoms with Crippen LogP contribution >= 0.6 is 15.9 Å². The molecular formula is C9H14BrN3. The Bertz CT molecular complexity index is 289. The van der Waals surface area contributed by atoms with Crippen molar-refractivity contribution in [2.45, 2.75) is 25.8 Å².